The SMILES string of the molecule is CC(C)c1ncc(N)c(C(=O)NCCn2ccnn2)n1. The molecule has 0 aliphatic heterocycles. The summed E-state index contributed by atoms with van der Waals surface area (Å²) >= 11 is 0. The topological polar surface area (TPSA) is 112 Å². The molecule has 1 amide bonds. The van der Waals surface area contributed by atoms with Crippen molar-refractivity contribution in [3.8, 4) is 0 Å². The summed E-state index contributed by atoms with van der Waals surface area (Å²) in [5.41, 5.74) is 6.22. The number of anilines is 1. The van der Waals surface area contributed by atoms with Gasteiger partial charge < -0.3 is 11.1 Å². The first kappa shape index (κ1) is 13.9. The fourth-order valence-corrected chi connectivity index (χ4v) is 1.58. The monoisotopic (exact) mass is 275 g/mol. The van der Waals surface area contributed by atoms with Crippen LogP contribution >= 0.6 is 0 Å². The standard InChI is InChI=1S/C12H17N7O/c1-8(2)11-15-7-9(13)10(17-11)12(20)14-3-5-19-6-4-16-18-19/h4,6-8H,3,5,13H2,1-2H3,(H,14,20). The van der Waals surface area contributed by atoms with E-state index in [2.05, 4.69) is 25.6 Å². The molecule has 8 heteroatoms. The van der Waals surface area contributed by atoms with Crippen LogP contribution in [0.3, 0.4) is 0 Å². The Morgan fingerprint density at radius 3 is 2.95 bits per heavy atom. The second-order valence-electron chi connectivity index (χ2n) is 4.61. The van der Waals surface area contributed by atoms with Gasteiger partial charge in [0.15, 0.2) is 5.69 Å². The molecule has 0 fully saturated rings. The van der Waals surface area contributed by atoms with Gasteiger partial charge in [0.05, 0.1) is 24.6 Å². The molecule has 0 aliphatic rings. The Morgan fingerprint density at radius 1 is 1.50 bits per heavy atom. The van der Waals surface area contributed by atoms with E-state index in [0.717, 1.165) is 0 Å². The van der Waals surface area contributed by atoms with Crippen LogP contribution in [0, 0.1) is 0 Å². The van der Waals surface area contributed by atoms with E-state index >= 15 is 0 Å². The number of nitrogens with two attached hydrogens (primary N) is 1. The van der Waals surface area contributed by atoms with Crippen LogP contribution in [-0.4, -0.2) is 37.4 Å². The van der Waals surface area contributed by atoms with E-state index in [1.165, 1.54) is 6.20 Å². The minimum absolute atomic E-state index is 0.136. The van der Waals surface area contributed by atoms with Crippen molar-refractivity contribution in [3.63, 3.8) is 0 Å². The molecule has 0 radical (unpaired) electrons. The fourth-order valence-electron chi connectivity index (χ4n) is 1.58. The van der Waals surface area contributed by atoms with E-state index in [1.54, 1.807) is 17.1 Å². The number of carbonyl (C=O) groups excluding carboxylic acids is 1. The summed E-state index contributed by atoms with van der Waals surface area (Å²) in [5, 5.41) is 10.2. The highest BCUT2D eigenvalue weighted by Gasteiger charge is 2.14. The van der Waals surface area contributed by atoms with Crippen LogP contribution in [0.2, 0.25) is 0 Å². The third-order valence-electron chi connectivity index (χ3n) is 2.67. The summed E-state index contributed by atoms with van der Waals surface area (Å²) in [7, 11) is 0. The molecule has 0 aliphatic carbocycles. The zero-order valence-corrected chi connectivity index (χ0v) is 11.4. The van der Waals surface area contributed by atoms with Gasteiger partial charge in [-0.15, -0.1) is 5.10 Å². The van der Waals surface area contributed by atoms with Crippen molar-refractivity contribution in [2.24, 2.45) is 0 Å². The van der Waals surface area contributed by atoms with Crippen LogP contribution in [0.15, 0.2) is 18.6 Å². The maximum atomic E-state index is 12.0. The second-order valence-corrected chi connectivity index (χ2v) is 4.61. The highest BCUT2D eigenvalue weighted by atomic mass is 16.1. The molecule has 0 aromatic carbocycles. The number of nitrogen functional groups attached to an aromatic ring is 1. The third-order valence-corrected chi connectivity index (χ3v) is 2.67. The minimum Gasteiger partial charge on any atom is -0.396 e. The van der Waals surface area contributed by atoms with Gasteiger partial charge in [-0.1, -0.05) is 19.1 Å². The van der Waals surface area contributed by atoms with E-state index in [9.17, 15) is 4.79 Å². The second kappa shape index (κ2) is 6.09. The quantitative estimate of drug-likeness (QED) is 0.806. The summed E-state index contributed by atoms with van der Waals surface area (Å²) in [4.78, 5) is 20.3. The lowest BCUT2D eigenvalue weighted by Gasteiger charge is -2.09. The van der Waals surface area contributed by atoms with E-state index in [0.29, 0.717) is 18.9 Å². The maximum Gasteiger partial charge on any atom is 0.272 e. The van der Waals surface area contributed by atoms with E-state index in [4.69, 9.17) is 5.73 Å². The average Bonchev–Trinajstić information content (AvgIpc) is 2.92. The number of hydrogen-bond acceptors (Lipinski definition) is 6. The Morgan fingerprint density at radius 2 is 2.30 bits per heavy atom. The predicted octanol–water partition coefficient (Wildman–Crippen LogP) is 0.204. The largest absolute Gasteiger partial charge is 0.396 e. The Balaban J connectivity index is 1.99. The van der Waals surface area contributed by atoms with Crippen molar-refractivity contribution >= 4 is 11.6 Å². The molecule has 2 aromatic heterocycles. The number of amides is 1. The highest BCUT2D eigenvalue weighted by Crippen LogP contribution is 2.13. The van der Waals surface area contributed by atoms with Gasteiger partial charge in [-0.25, -0.2) is 9.97 Å². The summed E-state index contributed by atoms with van der Waals surface area (Å²) < 4.78 is 1.63. The predicted molar refractivity (Wildman–Crippen MR) is 72.9 cm³/mol. The molecule has 0 spiro atoms. The first-order chi connectivity index (χ1) is 9.58. The molecule has 0 unspecified atom stereocenters. The molecule has 20 heavy (non-hydrogen) atoms. The number of hydrogen-bond donors (Lipinski definition) is 2. The molecular formula is C12H17N7O. The number of nitrogens with one attached hydrogen (secondary N) is 1. The Kier molecular flexibility index (Phi) is 4.24. The molecule has 8 nitrogen and oxygen atoms in total. The van der Waals surface area contributed by atoms with Crippen molar-refractivity contribution in [2.75, 3.05) is 12.3 Å². The number of rotatable bonds is 5. The lowest BCUT2D eigenvalue weighted by atomic mass is 10.2. The molecule has 0 bridgehead atoms. The third kappa shape index (κ3) is 3.28. The van der Waals surface area contributed by atoms with Gasteiger partial charge in [0, 0.05) is 18.7 Å². The molecule has 0 saturated carbocycles. The lowest BCUT2D eigenvalue weighted by molar-refractivity contribution is 0.0947. The van der Waals surface area contributed by atoms with Gasteiger partial charge >= 0.3 is 0 Å². The molecule has 2 rings (SSSR count). The van der Waals surface area contributed by atoms with Crippen molar-refractivity contribution < 1.29 is 4.79 Å². The summed E-state index contributed by atoms with van der Waals surface area (Å²) in [5.74, 6) is 0.421. The Bertz CT molecular complexity index is 579. The minimum atomic E-state index is -0.313. The summed E-state index contributed by atoms with van der Waals surface area (Å²) in [6, 6.07) is 0. The molecule has 3 N–H and O–H groups in total. The molecule has 2 heterocycles. The van der Waals surface area contributed by atoms with Crippen LogP contribution in [0.25, 0.3) is 0 Å². The van der Waals surface area contributed by atoms with E-state index < -0.39 is 0 Å². The summed E-state index contributed by atoms with van der Waals surface area (Å²) in [6.07, 6.45) is 4.77. The van der Waals surface area contributed by atoms with E-state index in [-0.39, 0.29) is 23.2 Å². The number of carbonyl (C=O) groups is 1. The van der Waals surface area contributed by atoms with Gasteiger partial charge in [-0.2, -0.15) is 0 Å². The first-order valence-electron chi connectivity index (χ1n) is 6.32. The van der Waals surface area contributed by atoms with Crippen LogP contribution < -0.4 is 11.1 Å². The fraction of sp³-hybridized carbons (Fsp3) is 0.417. The molecule has 106 valence electrons. The highest BCUT2D eigenvalue weighted by molar-refractivity contribution is 5.96. The van der Waals surface area contributed by atoms with Gasteiger partial charge in [-0.05, 0) is 0 Å². The van der Waals surface area contributed by atoms with E-state index in [1.807, 2.05) is 13.8 Å². The maximum absolute atomic E-state index is 12.0. The zero-order valence-electron chi connectivity index (χ0n) is 11.4. The van der Waals surface area contributed by atoms with Crippen LogP contribution in [0.5, 0.6) is 0 Å². The van der Waals surface area contributed by atoms with Gasteiger partial charge in [0.1, 0.15) is 5.82 Å². The molecule has 0 atom stereocenters. The van der Waals surface area contributed by atoms with Crippen molar-refractivity contribution in [2.45, 2.75) is 26.3 Å². The van der Waals surface area contributed by atoms with Gasteiger partial charge in [0.25, 0.3) is 5.91 Å². The normalized spacial score (nSPS) is 10.8. The first-order valence-corrected chi connectivity index (χ1v) is 6.32. The van der Waals surface area contributed by atoms with Crippen molar-refractivity contribution in [1.82, 2.24) is 30.3 Å². The van der Waals surface area contributed by atoms with Crippen LogP contribution in [0.4, 0.5) is 5.69 Å². The summed E-state index contributed by atoms with van der Waals surface area (Å²) in [6.45, 7) is 4.87. The van der Waals surface area contributed by atoms with Crippen molar-refractivity contribution in [1.29, 1.82) is 0 Å². The smallest absolute Gasteiger partial charge is 0.272 e. The molecule has 0 saturated heterocycles. The Hall–Kier alpha value is -2.51. The van der Waals surface area contributed by atoms with Gasteiger partial charge in [0.2, 0.25) is 0 Å². The number of aromatic nitrogens is 5. The number of nitrogens with zero attached hydrogens (tertiary/aromatic N) is 5. The zero-order chi connectivity index (χ0) is 14.5. The molecule has 2 aromatic rings. The van der Waals surface area contributed by atoms with Crippen LogP contribution in [-0.2, 0) is 6.54 Å². The Labute approximate surface area is 116 Å². The van der Waals surface area contributed by atoms with Crippen molar-refractivity contribution in [3.05, 3.63) is 30.1 Å². The van der Waals surface area contributed by atoms with Crippen LogP contribution in [0.1, 0.15) is 36.1 Å². The average molecular weight is 275 g/mol. The molecular weight excluding hydrogens is 258 g/mol. The lowest BCUT2D eigenvalue weighted by Crippen LogP contribution is -2.29. The van der Waals surface area contributed by atoms with Gasteiger partial charge in [-0.3, -0.25) is 9.48 Å².